The van der Waals surface area contributed by atoms with Crippen LogP contribution in [0, 0.1) is 5.92 Å². The lowest BCUT2D eigenvalue weighted by Gasteiger charge is -2.34. The highest BCUT2D eigenvalue weighted by Gasteiger charge is 2.24. The summed E-state index contributed by atoms with van der Waals surface area (Å²) in [5.41, 5.74) is -0.202. The highest BCUT2D eigenvalue weighted by molar-refractivity contribution is 5.81. The van der Waals surface area contributed by atoms with Crippen LogP contribution in [0.15, 0.2) is 35.3 Å². The average molecular weight is 384 g/mol. The lowest BCUT2D eigenvalue weighted by molar-refractivity contribution is -0.133. The Labute approximate surface area is 164 Å². The van der Waals surface area contributed by atoms with E-state index in [1.54, 1.807) is 12.3 Å². The van der Waals surface area contributed by atoms with Gasteiger partial charge in [0, 0.05) is 31.6 Å². The van der Waals surface area contributed by atoms with Crippen LogP contribution in [0.25, 0.3) is 10.8 Å². The van der Waals surface area contributed by atoms with Crippen LogP contribution in [0.2, 0.25) is 0 Å². The summed E-state index contributed by atoms with van der Waals surface area (Å²) in [5.74, 6) is 0.657. The Kier molecular flexibility index (Phi) is 6.02. The molecule has 2 fully saturated rings. The fourth-order valence-corrected chi connectivity index (χ4v) is 4.13. The number of hydrogen-bond acceptors (Lipinski definition) is 5. The van der Waals surface area contributed by atoms with Crippen molar-refractivity contribution in [3.8, 4) is 0 Å². The van der Waals surface area contributed by atoms with E-state index < -0.39 is 0 Å². The Hall–Kier alpha value is -2.25. The zero-order valence-corrected chi connectivity index (χ0v) is 16.3. The molecule has 0 aliphatic carbocycles. The number of ether oxygens (including phenoxy) is 1. The molecule has 1 aromatic heterocycles. The first-order valence-electron chi connectivity index (χ1n) is 10.2. The maximum Gasteiger partial charge on any atom is 0.275 e. The van der Waals surface area contributed by atoms with Gasteiger partial charge in [-0.1, -0.05) is 18.2 Å². The minimum Gasteiger partial charge on any atom is -0.379 e. The monoisotopic (exact) mass is 384 g/mol. The first-order chi connectivity index (χ1) is 13.7. The lowest BCUT2D eigenvalue weighted by Crippen LogP contribution is -2.43. The second-order valence-corrected chi connectivity index (χ2v) is 7.76. The molecule has 0 N–H and O–H groups in total. The van der Waals surface area contributed by atoms with E-state index in [0.29, 0.717) is 11.3 Å². The highest BCUT2D eigenvalue weighted by Crippen LogP contribution is 2.21. The molecule has 0 radical (unpaired) electrons. The number of piperidine rings is 1. The van der Waals surface area contributed by atoms with E-state index in [4.69, 9.17) is 4.74 Å². The SMILES string of the molecule is O=C(Cn1ncc2ccccc2c1=O)N1CCC(CCN2CCOCC2)CC1. The van der Waals surface area contributed by atoms with E-state index in [2.05, 4.69) is 10.00 Å². The number of rotatable bonds is 5. The van der Waals surface area contributed by atoms with Gasteiger partial charge < -0.3 is 9.64 Å². The van der Waals surface area contributed by atoms with Crippen molar-refractivity contribution in [2.75, 3.05) is 45.9 Å². The van der Waals surface area contributed by atoms with Crippen LogP contribution >= 0.6 is 0 Å². The molecule has 4 rings (SSSR count). The summed E-state index contributed by atoms with van der Waals surface area (Å²) in [6.45, 7) is 6.43. The molecule has 2 aliphatic rings. The maximum atomic E-state index is 12.7. The maximum absolute atomic E-state index is 12.7. The summed E-state index contributed by atoms with van der Waals surface area (Å²) >= 11 is 0. The van der Waals surface area contributed by atoms with Gasteiger partial charge in [-0.05, 0) is 37.8 Å². The lowest BCUT2D eigenvalue weighted by atomic mass is 9.93. The van der Waals surface area contributed by atoms with E-state index >= 15 is 0 Å². The fraction of sp³-hybridized carbons (Fsp3) is 0.571. The number of fused-ring (bicyclic) bond motifs is 1. The second kappa shape index (κ2) is 8.84. The molecule has 7 heteroatoms. The third-order valence-corrected chi connectivity index (χ3v) is 5.97. The quantitative estimate of drug-likeness (QED) is 0.779. The second-order valence-electron chi connectivity index (χ2n) is 7.76. The third kappa shape index (κ3) is 4.42. The number of likely N-dealkylation sites (tertiary alicyclic amines) is 1. The number of aromatic nitrogens is 2. The minimum absolute atomic E-state index is 0.0160. The molecule has 0 unspecified atom stereocenters. The number of carbonyl (C=O) groups is 1. The molecule has 1 aromatic carbocycles. The van der Waals surface area contributed by atoms with E-state index in [0.717, 1.165) is 64.2 Å². The molecule has 0 bridgehead atoms. The molecule has 0 spiro atoms. The molecular weight excluding hydrogens is 356 g/mol. The van der Waals surface area contributed by atoms with E-state index in [1.807, 2.05) is 23.1 Å². The zero-order valence-electron chi connectivity index (χ0n) is 16.3. The largest absolute Gasteiger partial charge is 0.379 e. The van der Waals surface area contributed by atoms with Gasteiger partial charge in [0.2, 0.25) is 5.91 Å². The Morgan fingerprint density at radius 1 is 1.11 bits per heavy atom. The van der Waals surface area contributed by atoms with Gasteiger partial charge in [0.1, 0.15) is 6.54 Å². The van der Waals surface area contributed by atoms with Crippen LogP contribution in [0.3, 0.4) is 0 Å². The average Bonchev–Trinajstić information content (AvgIpc) is 2.75. The van der Waals surface area contributed by atoms with Crippen molar-refractivity contribution in [3.05, 3.63) is 40.8 Å². The molecule has 0 atom stereocenters. The zero-order chi connectivity index (χ0) is 19.3. The van der Waals surface area contributed by atoms with Gasteiger partial charge in [-0.2, -0.15) is 5.10 Å². The number of morpholine rings is 1. The topological polar surface area (TPSA) is 67.7 Å². The minimum atomic E-state index is -0.202. The third-order valence-electron chi connectivity index (χ3n) is 5.97. The van der Waals surface area contributed by atoms with Gasteiger partial charge in [-0.25, -0.2) is 4.68 Å². The molecule has 2 aliphatic heterocycles. The first-order valence-corrected chi connectivity index (χ1v) is 10.2. The van der Waals surface area contributed by atoms with Crippen molar-refractivity contribution >= 4 is 16.7 Å². The Bertz CT molecular complexity index is 867. The number of hydrogen-bond donors (Lipinski definition) is 0. The summed E-state index contributed by atoms with van der Waals surface area (Å²) < 4.78 is 6.68. The molecular formula is C21H28N4O3. The fourth-order valence-electron chi connectivity index (χ4n) is 4.13. The van der Waals surface area contributed by atoms with Crippen LogP contribution < -0.4 is 5.56 Å². The first kappa shape index (κ1) is 19.1. The van der Waals surface area contributed by atoms with Crippen LogP contribution in [-0.4, -0.2) is 71.4 Å². The molecule has 3 heterocycles. The molecule has 1 amide bonds. The molecule has 7 nitrogen and oxygen atoms in total. The van der Waals surface area contributed by atoms with Crippen molar-refractivity contribution in [1.82, 2.24) is 19.6 Å². The summed E-state index contributed by atoms with van der Waals surface area (Å²) in [6, 6.07) is 7.34. The predicted octanol–water partition coefficient (Wildman–Crippen LogP) is 1.36. The molecule has 0 saturated carbocycles. The molecule has 150 valence electrons. The van der Waals surface area contributed by atoms with Gasteiger partial charge in [0.15, 0.2) is 0 Å². The standard InChI is InChI=1S/C21H28N4O3/c26-20(16-25-21(27)19-4-2-1-3-18(19)15-22-25)24-9-6-17(7-10-24)5-8-23-11-13-28-14-12-23/h1-4,15,17H,5-14,16H2. The van der Waals surface area contributed by atoms with E-state index in [-0.39, 0.29) is 18.0 Å². The Morgan fingerprint density at radius 3 is 2.64 bits per heavy atom. The summed E-state index contributed by atoms with van der Waals surface area (Å²) in [6.07, 6.45) is 4.92. The van der Waals surface area contributed by atoms with Crippen molar-refractivity contribution in [3.63, 3.8) is 0 Å². The van der Waals surface area contributed by atoms with Gasteiger partial charge in [0.25, 0.3) is 5.56 Å². The number of amides is 1. The number of benzene rings is 1. The summed E-state index contributed by atoms with van der Waals surface area (Å²) in [5, 5.41) is 5.59. The van der Waals surface area contributed by atoms with Crippen LogP contribution in [0.1, 0.15) is 19.3 Å². The van der Waals surface area contributed by atoms with Crippen LogP contribution in [0.5, 0.6) is 0 Å². The highest BCUT2D eigenvalue weighted by atomic mass is 16.5. The Morgan fingerprint density at radius 2 is 1.86 bits per heavy atom. The van der Waals surface area contributed by atoms with Crippen molar-refractivity contribution in [2.24, 2.45) is 5.92 Å². The van der Waals surface area contributed by atoms with E-state index in [9.17, 15) is 9.59 Å². The van der Waals surface area contributed by atoms with Crippen LogP contribution in [0.4, 0.5) is 0 Å². The van der Waals surface area contributed by atoms with Gasteiger partial charge in [-0.15, -0.1) is 0 Å². The van der Waals surface area contributed by atoms with Crippen LogP contribution in [-0.2, 0) is 16.1 Å². The molecule has 2 aromatic rings. The molecule has 28 heavy (non-hydrogen) atoms. The Balaban J connectivity index is 1.28. The smallest absolute Gasteiger partial charge is 0.275 e. The normalized spacial score (nSPS) is 19.2. The van der Waals surface area contributed by atoms with Crippen molar-refractivity contribution < 1.29 is 9.53 Å². The number of carbonyl (C=O) groups excluding carboxylic acids is 1. The summed E-state index contributed by atoms with van der Waals surface area (Å²) in [4.78, 5) is 29.6. The number of nitrogens with zero attached hydrogens (tertiary/aromatic N) is 4. The van der Waals surface area contributed by atoms with Crippen molar-refractivity contribution in [2.45, 2.75) is 25.8 Å². The summed E-state index contributed by atoms with van der Waals surface area (Å²) in [7, 11) is 0. The van der Waals surface area contributed by atoms with Gasteiger partial charge >= 0.3 is 0 Å². The van der Waals surface area contributed by atoms with Gasteiger partial charge in [0.05, 0.1) is 24.8 Å². The van der Waals surface area contributed by atoms with Gasteiger partial charge in [-0.3, -0.25) is 14.5 Å². The molecule has 2 saturated heterocycles. The van der Waals surface area contributed by atoms with Crippen molar-refractivity contribution in [1.29, 1.82) is 0 Å². The van der Waals surface area contributed by atoms with E-state index in [1.165, 1.54) is 11.1 Å². The predicted molar refractivity (Wildman–Crippen MR) is 107 cm³/mol.